The average molecular weight is 352 g/mol. The summed E-state index contributed by atoms with van der Waals surface area (Å²) in [5, 5.41) is 2.75. The molecule has 1 aliphatic heterocycles. The number of hydrogen-bond donors (Lipinski definition) is 3. The minimum atomic E-state index is -4.37. The fourth-order valence-electron chi connectivity index (χ4n) is 2.78. The number of nitrogens with zero attached hydrogens (tertiary/aromatic N) is 1. The lowest BCUT2D eigenvalue weighted by Crippen LogP contribution is -2.45. The summed E-state index contributed by atoms with van der Waals surface area (Å²) in [6.45, 7) is 1.80. The number of carbonyl (C=O) groups excluding carboxylic acids is 1. The second kappa shape index (κ2) is 6.89. The standard InChI is InChI=1S/C17H19F3N4O/c1-11(12-4-6-13(7-5-12)24-8-2-3-9-24)21-16(25)14-10-15(23-22-14)17(18,19)20/h2-9,11,14-15,22-23H,10H2,1H3,(H,21,25). The largest absolute Gasteiger partial charge is 0.405 e. The highest BCUT2D eigenvalue weighted by molar-refractivity contribution is 5.82. The third kappa shape index (κ3) is 4.02. The fraction of sp³-hybridized carbons (Fsp3) is 0.353. The van der Waals surface area contributed by atoms with Gasteiger partial charge >= 0.3 is 6.18 Å². The van der Waals surface area contributed by atoms with Crippen molar-refractivity contribution in [3.63, 3.8) is 0 Å². The van der Waals surface area contributed by atoms with Gasteiger partial charge in [0, 0.05) is 18.1 Å². The monoisotopic (exact) mass is 352 g/mol. The van der Waals surface area contributed by atoms with Crippen molar-refractivity contribution >= 4 is 5.91 Å². The average Bonchev–Trinajstić information content (AvgIpc) is 3.26. The molecule has 134 valence electrons. The van der Waals surface area contributed by atoms with Crippen molar-refractivity contribution in [1.29, 1.82) is 0 Å². The zero-order valence-electron chi connectivity index (χ0n) is 13.5. The Bertz CT molecular complexity index is 712. The van der Waals surface area contributed by atoms with Crippen molar-refractivity contribution in [2.24, 2.45) is 0 Å². The maximum Gasteiger partial charge on any atom is 0.405 e. The number of aromatic nitrogens is 1. The quantitative estimate of drug-likeness (QED) is 0.792. The van der Waals surface area contributed by atoms with Crippen molar-refractivity contribution in [2.75, 3.05) is 0 Å². The number of hydrazine groups is 1. The van der Waals surface area contributed by atoms with E-state index >= 15 is 0 Å². The molecule has 8 heteroatoms. The number of hydrogen-bond acceptors (Lipinski definition) is 3. The summed E-state index contributed by atoms with van der Waals surface area (Å²) in [5.74, 6) is -0.457. The van der Waals surface area contributed by atoms with Crippen molar-refractivity contribution in [3.8, 4) is 5.69 Å². The van der Waals surface area contributed by atoms with E-state index in [4.69, 9.17) is 0 Å². The van der Waals surface area contributed by atoms with Gasteiger partial charge in [0.15, 0.2) is 0 Å². The molecule has 3 atom stereocenters. The molecule has 5 nitrogen and oxygen atoms in total. The summed E-state index contributed by atoms with van der Waals surface area (Å²) in [5.41, 5.74) is 6.40. The first-order chi connectivity index (χ1) is 11.8. The molecule has 1 aromatic heterocycles. The Morgan fingerprint density at radius 3 is 2.40 bits per heavy atom. The molecule has 3 rings (SSSR count). The molecule has 0 bridgehead atoms. The summed E-state index contributed by atoms with van der Waals surface area (Å²) in [7, 11) is 0. The molecule has 0 aliphatic carbocycles. The topological polar surface area (TPSA) is 58.1 Å². The first kappa shape index (κ1) is 17.5. The highest BCUT2D eigenvalue weighted by Crippen LogP contribution is 2.26. The number of carbonyl (C=O) groups is 1. The van der Waals surface area contributed by atoms with Crippen LogP contribution in [-0.2, 0) is 4.79 Å². The second-order valence-corrected chi connectivity index (χ2v) is 6.08. The van der Waals surface area contributed by atoms with E-state index in [2.05, 4.69) is 16.2 Å². The van der Waals surface area contributed by atoms with Gasteiger partial charge in [-0.3, -0.25) is 4.79 Å². The van der Waals surface area contributed by atoms with Crippen LogP contribution in [0.25, 0.3) is 5.69 Å². The second-order valence-electron chi connectivity index (χ2n) is 6.08. The Morgan fingerprint density at radius 1 is 1.20 bits per heavy atom. The molecule has 1 saturated heterocycles. The van der Waals surface area contributed by atoms with Crippen molar-refractivity contribution < 1.29 is 18.0 Å². The van der Waals surface area contributed by atoms with Crippen LogP contribution in [0.2, 0.25) is 0 Å². The Morgan fingerprint density at radius 2 is 1.84 bits per heavy atom. The number of nitrogens with one attached hydrogen (secondary N) is 3. The van der Waals surface area contributed by atoms with E-state index in [1.54, 1.807) is 6.92 Å². The van der Waals surface area contributed by atoms with E-state index in [0.29, 0.717) is 0 Å². The molecular formula is C17H19F3N4O. The van der Waals surface area contributed by atoms with Gasteiger partial charge in [0.25, 0.3) is 0 Å². The predicted molar refractivity (Wildman–Crippen MR) is 86.8 cm³/mol. The molecule has 0 saturated carbocycles. The molecule has 2 heterocycles. The molecule has 3 N–H and O–H groups in total. The number of rotatable bonds is 4. The molecule has 2 aromatic rings. The summed E-state index contributed by atoms with van der Waals surface area (Å²) in [6.07, 6.45) is -0.845. The Hall–Kier alpha value is -2.32. The first-order valence-electron chi connectivity index (χ1n) is 7.96. The van der Waals surface area contributed by atoms with Crippen molar-refractivity contribution in [3.05, 3.63) is 54.4 Å². The van der Waals surface area contributed by atoms with Crippen LogP contribution in [0.15, 0.2) is 48.8 Å². The predicted octanol–water partition coefficient (Wildman–Crippen LogP) is 2.45. The van der Waals surface area contributed by atoms with E-state index in [-0.39, 0.29) is 12.5 Å². The summed E-state index contributed by atoms with van der Waals surface area (Å²) < 4.78 is 39.9. The molecule has 1 aliphatic rings. The molecular weight excluding hydrogens is 333 g/mol. The van der Waals surface area contributed by atoms with Gasteiger partial charge in [0.1, 0.15) is 12.1 Å². The van der Waals surface area contributed by atoms with Crippen LogP contribution in [0.3, 0.4) is 0 Å². The van der Waals surface area contributed by atoms with Gasteiger partial charge in [-0.1, -0.05) is 12.1 Å². The van der Waals surface area contributed by atoms with Crippen LogP contribution in [0, 0.1) is 0 Å². The van der Waals surface area contributed by atoms with E-state index in [1.807, 2.05) is 53.4 Å². The molecule has 0 radical (unpaired) electrons. The van der Waals surface area contributed by atoms with Gasteiger partial charge in [-0.25, -0.2) is 10.9 Å². The van der Waals surface area contributed by atoms with E-state index in [0.717, 1.165) is 11.3 Å². The highest BCUT2D eigenvalue weighted by Gasteiger charge is 2.46. The summed E-state index contributed by atoms with van der Waals surface area (Å²) >= 11 is 0. The van der Waals surface area contributed by atoms with Crippen LogP contribution < -0.4 is 16.2 Å². The number of amides is 1. The van der Waals surface area contributed by atoms with Crippen LogP contribution in [0.1, 0.15) is 24.9 Å². The van der Waals surface area contributed by atoms with Gasteiger partial charge in [0.2, 0.25) is 5.91 Å². The van der Waals surface area contributed by atoms with Crippen LogP contribution in [0.5, 0.6) is 0 Å². The lowest BCUT2D eigenvalue weighted by Gasteiger charge is -2.18. The Labute approximate surface area is 143 Å². The smallest absolute Gasteiger partial charge is 0.348 e. The van der Waals surface area contributed by atoms with E-state index < -0.39 is 24.2 Å². The zero-order valence-corrected chi connectivity index (χ0v) is 13.5. The van der Waals surface area contributed by atoms with Gasteiger partial charge in [-0.2, -0.15) is 13.2 Å². The maximum atomic E-state index is 12.6. The summed E-state index contributed by atoms with van der Waals surface area (Å²) in [4.78, 5) is 12.2. The molecule has 0 spiro atoms. The number of benzene rings is 1. The SMILES string of the molecule is CC(NC(=O)C1CC(C(F)(F)F)NN1)c1ccc(-n2cccc2)cc1. The third-order valence-electron chi connectivity index (χ3n) is 4.27. The van der Waals surface area contributed by atoms with Crippen molar-refractivity contribution in [2.45, 2.75) is 37.6 Å². The number of halogens is 3. The fourth-order valence-corrected chi connectivity index (χ4v) is 2.78. The van der Waals surface area contributed by atoms with Crippen molar-refractivity contribution in [1.82, 2.24) is 20.7 Å². The highest BCUT2D eigenvalue weighted by atomic mass is 19.4. The zero-order chi connectivity index (χ0) is 18.0. The minimum Gasteiger partial charge on any atom is -0.348 e. The van der Waals surface area contributed by atoms with Crippen LogP contribution in [0.4, 0.5) is 13.2 Å². The van der Waals surface area contributed by atoms with Gasteiger partial charge in [-0.15, -0.1) is 0 Å². The van der Waals surface area contributed by atoms with Gasteiger partial charge in [-0.05, 0) is 43.2 Å². The molecule has 25 heavy (non-hydrogen) atoms. The van der Waals surface area contributed by atoms with Gasteiger partial charge in [0.05, 0.1) is 6.04 Å². The summed E-state index contributed by atoms with van der Waals surface area (Å²) in [6, 6.07) is 8.55. The Balaban J connectivity index is 1.59. The van der Waals surface area contributed by atoms with E-state index in [9.17, 15) is 18.0 Å². The number of alkyl halides is 3. The van der Waals surface area contributed by atoms with Crippen LogP contribution >= 0.6 is 0 Å². The molecule has 3 unspecified atom stereocenters. The lowest BCUT2D eigenvalue weighted by molar-refractivity contribution is -0.153. The molecule has 1 amide bonds. The third-order valence-corrected chi connectivity index (χ3v) is 4.27. The van der Waals surface area contributed by atoms with E-state index in [1.165, 1.54) is 0 Å². The van der Waals surface area contributed by atoms with Gasteiger partial charge < -0.3 is 9.88 Å². The molecule has 1 aromatic carbocycles. The van der Waals surface area contributed by atoms with Crippen LogP contribution in [-0.4, -0.2) is 28.7 Å². The maximum absolute atomic E-state index is 12.6. The minimum absolute atomic E-state index is 0.307. The normalized spacial score (nSPS) is 21.9. The molecule has 1 fully saturated rings. The Kier molecular flexibility index (Phi) is 4.82. The first-order valence-corrected chi connectivity index (χ1v) is 7.96. The lowest BCUT2D eigenvalue weighted by atomic mass is 10.1.